The maximum atomic E-state index is 5.31. The molecule has 0 amide bonds. The molecule has 0 unspecified atom stereocenters. The van der Waals surface area contributed by atoms with Crippen molar-refractivity contribution in [2.24, 2.45) is 5.73 Å². The van der Waals surface area contributed by atoms with Crippen LogP contribution in [0.3, 0.4) is 0 Å². The molecule has 1 rings (SSSR count). The molecule has 1 heterocycles. The topological polar surface area (TPSA) is 83.4 Å². The van der Waals surface area contributed by atoms with Crippen LogP contribution in [0.5, 0.6) is 0 Å². The summed E-state index contributed by atoms with van der Waals surface area (Å²) in [7, 11) is 1.63. The SMILES string of the molecule is COCCOCCc1noc(CN)n1. The van der Waals surface area contributed by atoms with Crippen LogP contribution in [0.4, 0.5) is 0 Å². The Morgan fingerprint density at radius 1 is 1.36 bits per heavy atom. The van der Waals surface area contributed by atoms with Crippen LogP contribution in [0, 0.1) is 0 Å². The van der Waals surface area contributed by atoms with Crippen LogP contribution in [0.2, 0.25) is 0 Å². The number of aromatic nitrogens is 2. The Balaban J connectivity index is 2.12. The molecule has 0 aliphatic carbocycles. The van der Waals surface area contributed by atoms with Crippen LogP contribution in [0.25, 0.3) is 0 Å². The summed E-state index contributed by atoms with van der Waals surface area (Å²) in [5.41, 5.74) is 5.31. The molecule has 6 nitrogen and oxygen atoms in total. The molecule has 0 aliphatic heterocycles. The van der Waals surface area contributed by atoms with E-state index in [2.05, 4.69) is 10.1 Å². The van der Waals surface area contributed by atoms with Crippen molar-refractivity contribution in [3.63, 3.8) is 0 Å². The molecule has 0 fully saturated rings. The van der Waals surface area contributed by atoms with Gasteiger partial charge in [0.15, 0.2) is 5.82 Å². The van der Waals surface area contributed by atoms with Crippen molar-refractivity contribution in [3.8, 4) is 0 Å². The van der Waals surface area contributed by atoms with Crippen LogP contribution in [-0.4, -0.2) is 37.1 Å². The minimum Gasteiger partial charge on any atom is -0.382 e. The molecule has 0 atom stereocenters. The van der Waals surface area contributed by atoms with E-state index >= 15 is 0 Å². The maximum Gasteiger partial charge on any atom is 0.240 e. The Hall–Kier alpha value is -0.980. The summed E-state index contributed by atoms with van der Waals surface area (Å²) >= 11 is 0. The Kier molecular flexibility index (Phi) is 5.13. The Labute approximate surface area is 82.4 Å². The van der Waals surface area contributed by atoms with Crippen molar-refractivity contribution >= 4 is 0 Å². The van der Waals surface area contributed by atoms with E-state index < -0.39 is 0 Å². The highest BCUT2D eigenvalue weighted by Crippen LogP contribution is 1.96. The van der Waals surface area contributed by atoms with Crippen LogP contribution in [-0.2, 0) is 22.4 Å². The third-order valence-electron chi connectivity index (χ3n) is 1.59. The molecular weight excluding hydrogens is 186 g/mol. The summed E-state index contributed by atoms with van der Waals surface area (Å²) in [6, 6.07) is 0. The molecule has 6 heteroatoms. The van der Waals surface area contributed by atoms with E-state index in [0.717, 1.165) is 0 Å². The van der Waals surface area contributed by atoms with Gasteiger partial charge in [-0.05, 0) is 0 Å². The second-order valence-electron chi connectivity index (χ2n) is 2.66. The third-order valence-corrected chi connectivity index (χ3v) is 1.59. The van der Waals surface area contributed by atoms with Gasteiger partial charge in [-0.3, -0.25) is 0 Å². The monoisotopic (exact) mass is 201 g/mol. The highest BCUT2D eigenvalue weighted by molar-refractivity contribution is 4.85. The first-order chi connectivity index (χ1) is 6.86. The standard InChI is InChI=1S/C8H15N3O3/c1-12-4-5-13-3-2-7-10-8(6-9)14-11-7/h2-6,9H2,1H3. The van der Waals surface area contributed by atoms with Gasteiger partial charge >= 0.3 is 0 Å². The fraction of sp³-hybridized carbons (Fsp3) is 0.750. The van der Waals surface area contributed by atoms with E-state index in [0.29, 0.717) is 38.0 Å². The molecule has 0 saturated heterocycles. The van der Waals surface area contributed by atoms with Crippen molar-refractivity contribution in [1.82, 2.24) is 10.1 Å². The average Bonchev–Trinajstić information content (AvgIpc) is 2.65. The van der Waals surface area contributed by atoms with Crippen LogP contribution < -0.4 is 5.73 Å². The summed E-state index contributed by atoms with van der Waals surface area (Å²) in [5.74, 6) is 1.08. The molecular formula is C8H15N3O3. The van der Waals surface area contributed by atoms with Crippen LogP contribution >= 0.6 is 0 Å². The lowest BCUT2D eigenvalue weighted by Gasteiger charge is -1.99. The number of nitrogens with two attached hydrogens (primary N) is 1. The van der Waals surface area contributed by atoms with Crippen molar-refractivity contribution in [1.29, 1.82) is 0 Å². The van der Waals surface area contributed by atoms with Crippen molar-refractivity contribution < 1.29 is 14.0 Å². The minimum atomic E-state index is 0.275. The number of ether oxygens (including phenoxy) is 2. The minimum absolute atomic E-state index is 0.275. The fourth-order valence-corrected chi connectivity index (χ4v) is 0.882. The van der Waals surface area contributed by atoms with Gasteiger partial charge in [0, 0.05) is 13.5 Å². The summed E-state index contributed by atoms with van der Waals surface area (Å²) in [5, 5.41) is 3.73. The van der Waals surface area contributed by atoms with Gasteiger partial charge in [0.2, 0.25) is 5.89 Å². The number of hydrogen-bond donors (Lipinski definition) is 1. The largest absolute Gasteiger partial charge is 0.382 e. The highest BCUT2D eigenvalue weighted by Gasteiger charge is 2.03. The molecule has 80 valence electrons. The zero-order valence-electron chi connectivity index (χ0n) is 8.23. The van der Waals surface area contributed by atoms with Gasteiger partial charge in [-0.2, -0.15) is 4.98 Å². The number of nitrogens with zero attached hydrogens (tertiary/aromatic N) is 2. The predicted octanol–water partition coefficient (Wildman–Crippen LogP) is -0.266. The summed E-state index contributed by atoms with van der Waals surface area (Å²) in [6.45, 7) is 2.02. The highest BCUT2D eigenvalue weighted by atomic mass is 16.5. The van der Waals surface area contributed by atoms with E-state index in [1.54, 1.807) is 7.11 Å². The number of rotatable bonds is 7. The Morgan fingerprint density at radius 2 is 2.21 bits per heavy atom. The first-order valence-electron chi connectivity index (χ1n) is 4.45. The van der Waals surface area contributed by atoms with Gasteiger partial charge in [-0.15, -0.1) is 0 Å². The normalized spacial score (nSPS) is 10.7. The first kappa shape index (κ1) is 11.1. The van der Waals surface area contributed by atoms with Gasteiger partial charge in [0.05, 0.1) is 26.4 Å². The van der Waals surface area contributed by atoms with E-state index in [9.17, 15) is 0 Å². The summed E-state index contributed by atoms with van der Waals surface area (Å²) in [4.78, 5) is 4.03. The van der Waals surface area contributed by atoms with E-state index in [-0.39, 0.29) is 6.54 Å². The Bertz CT molecular complexity index is 252. The van der Waals surface area contributed by atoms with Crippen molar-refractivity contribution in [2.75, 3.05) is 26.9 Å². The lowest BCUT2D eigenvalue weighted by molar-refractivity contribution is 0.0714. The lowest BCUT2D eigenvalue weighted by Crippen LogP contribution is -2.06. The Morgan fingerprint density at radius 3 is 2.86 bits per heavy atom. The molecule has 0 radical (unpaired) electrons. The zero-order chi connectivity index (χ0) is 10.2. The molecule has 0 bridgehead atoms. The average molecular weight is 201 g/mol. The fourth-order valence-electron chi connectivity index (χ4n) is 0.882. The number of methoxy groups -OCH3 is 1. The second-order valence-corrected chi connectivity index (χ2v) is 2.66. The lowest BCUT2D eigenvalue weighted by atomic mass is 10.4. The van der Waals surface area contributed by atoms with Crippen molar-refractivity contribution in [3.05, 3.63) is 11.7 Å². The molecule has 0 spiro atoms. The smallest absolute Gasteiger partial charge is 0.240 e. The molecule has 1 aromatic rings. The number of hydrogen-bond acceptors (Lipinski definition) is 6. The second kappa shape index (κ2) is 6.47. The van der Waals surface area contributed by atoms with Crippen LogP contribution in [0.1, 0.15) is 11.7 Å². The van der Waals surface area contributed by atoms with E-state index in [1.165, 1.54) is 0 Å². The predicted molar refractivity (Wildman–Crippen MR) is 48.6 cm³/mol. The molecule has 2 N–H and O–H groups in total. The zero-order valence-corrected chi connectivity index (χ0v) is 8.23. The third kappa shape index (κ3) is 3.82. The summed E-state index contributed by atoms with van der Waals surface area (Å²) in [6.07, 6.45) is 0.632. The van der Waals surface area contributed by atoms with Gasteiger partial charge in [-0.1, -0.05) is 5.16 Å². The molecule has 0 aliphatic rings. The maximum absolute atomic E-state index is 5.31. The molecule has 0 aromatic carbocycles. The quantitative estimate of drug-likeness (QED) is 0.611. The van der Waals surface area contributed by atoms with Gasteiger partial charge < -0.3 is 19.7 Å². The van der Waals surface area contributed by atoms with E-state index in [1.807, 2.05) is 0 Å². The molecule has 1 aromatic heterocycles. The van der Waals surface area contributed by atoms with Gasteiger partial charge in [0.25, 0.3) is 0 Å². The van der Waals surface area contributed by atoms with Gasteiger partial charge in [-0.25, -0.2) is 0 Å². The van der Waals surface area contributed by atoms with E-state index in [4.69, 9.17) is 19.7 Å². The molecule has 14 heavy (non-hydrogen) atoms. The van der Waals surface area contributed by atoms with Crippen molar-refractivity contribution in [2.45, 2.75) is 13.0 Å². The first-order valence-corrected chi connectivity index (χ1v) is 4.45. The van der Waals surface area contributed by atoms with Gasteiger partial charge in [0.1, 0.15) is 0 Å². The molecule has 0 saturated carbocycles. The summed E-state index contributed by atoms with van der Waals surface area (Å²) < 4.78 is 14.9. The van der Waals surface area contributed by atoms with Crippen LogP contribution in [0.15, 0.2) is 4.52 Å².